The van der Waals surface area contributed by atoms with Gasteiger partial charge in [-0.3, -0.25) is 9.78 Å². The first-order valence-corrected chi connectivity index (χ1v) is 9.87. The van der Waals surface area contributed by atoms with Crippen molar-refractivity contribution in [1.29, 1.82) is 0 Å². The van der Waals surface area contributed by atoms with Crippen LogP contribution in [0, 0.1) is 6.92 Å². The van der Waals surface area contributed by atoms with Crippen LogP contribution in [0.3, 0.4) is 0 Å². The standard InChI is InChI=1S/C24H24N2O4/c1-16-3-9-22(25-13-16)17-4-10-23-18(11-17)12-21(30-23)14-26-24(27)15-29-20-7-5-19(28-2)6-8-20/h3-11,13,21H,12,14-15H2,1-2H3,(H,26,27)/t21-/m1/s1. The third-order valence-electron chi connectivity index (χ3n) is 4.97. The minimum Gasteiger partial charge on any atom is -0.497 e. The largest absolute Gasteiger partial charge is 0.497 e. The van der Waals surface area contributed by atoms with Crippen molar-refractivity contribution in [3.8, 4) is 28.5 Å². The molecule has 1 aliphatic rings. The van der Waals surface area contributed by atoms with Gasteiger partial charge in [0, 0.05) is 18.2 Å². The molecule has 3 aromatic rings. The van der Waals surface area contributed by atoms with Gasteiger partial charge in [0.05, 0.1) is 19.3 Å². The summed E-state index contributed by atoms with van der Waals surface area (Å²) >= 11 is 0. The van der Waals surface area contributed by atoms with Crippen LogP contribution < -0.4 is 19.5 Å². The molecule has 0 radical (unpaired) electrons. The van der Waals surface area contributed by atoms with E-state index in [2.05, 4.69) is 22.4 Å². The van der Waals surface area contributed by atoms with E-state index in [0.29, 0.717) is 12.3 Å². The zero-order chi connectivity index (χ0) is 20.9. The zero-order valence-electron chi connectivity index (χ0n) is 17.1. The molecule has 6 heteroatoms. The zero-order valence-corrected chi connectivity index (χ0v) is 17.1. The highest BCUT2D eigenvalue weighted by atomic mass is 16.5. The molecule has 1 atom stereocenters. The van der Waals surface area contributed by atoms with Crippen molar-refractivity contribution in [2.45, 2.75) is 19.4 Å². The molecule has 0 unspecified atom stereocenters. The highest BCUT2D eigenvalue weighted by Crippen LogP contribution is 2.32. The smallest absolute Gasteiger partial charge is 0.258 e. The quantitative estimate of drug-likeness (QED) is 0.652. The molecule has 1 aromatic heterocycles. The molecule has 0 bridgehead atoms. The number of hydrogen-bond acceptors (Lipinski definition) is 5. The summed E-state index contributed by atoms with van der Waals surface area (Å²) in [5.41, 5.74) is 4.27. The molecule has 30 heavy (non-hydrogen) atoms. The number of benzene rings is 2. The topological polar surface area (TPSA) is 69.7 Å². The number of hydrogen-bond donors (Lipinski definition) is 1. The number of methoxy groups -OCH3 is 1. The summed E-state index contributed by atoms with van der Waals surface area (Å²) in [4.78, 5) is 16.6. The van der Waals surface area contributed by atoms with Crippen molar-refractivity contribution in [2.24, 2.45) is 0 Å². The van der Waals surface area contributed by atoms with Gasteiger partial charge in [-0.15, -0.1) is 0 Å². The van der Waals surface area contributed by atoms with E-state index in [-0.39, 0.29) is 18.6 Å². The van der Waals surface area contributed by atoms with Crippen molar-refractivity contribution >= 4 is 5.91 Å². The Hall–Kier alpha value is -3.54. The Balaban J connectivity index is 1.27. The number of aromatic nitrogens is 1. The van der Waals surface area contributed by atoms with Crippen LogP contribution in [0.5, 0.6) is 17.2 Å². The van der Waals surface area contributed by atoms with Crippen LogP contribution in [-0.2, 0) is 11.2 Å². The third-order valence-corrected chi connectivity index (χ3v) is 4.97. The fourth-order valence-corrected chi connectivity index (χ4v) is 3.33. The molecule has 0 aliphatic carbocycles. The van der Waals surface area contributed by atoms with Crippen LogP contribution in [0.25, 0.3) is 11.3 Å². The number of rotatable bonds is 7. The van der Waals surface area contributed by atoms with Gasteiger partial charge >= 0.3 is 0 Å². The van der Waals surface area contributed by atoms with Crippen LogP contribution in [0.2, 0.25) is 0 Å². The Morgan fingerprint density at radius 2 is 1.93 bits per heavy atom. The number of carbonyl (C=O) groups excluding carboxylic acids is 1. The van der Waals surface area contributed by atoms with Crippen molar-refractivity contribution in [3.63, 3.8) is 0 Å². The van der Waals surface area contributed by atoms with Crippen LogP contribution in [-0.4, -0.2) is 37.3 Å². The number of fused-ring (bicyclic) bond motifs is 1. The average molecular weight is 404 g/mol. The molecule has 2 heterocycles. The van der Waals surface area contributed by atoms with E-state index in [1.165, 1.54) is 0 Å². The van der Waals surface area contributed by atoms with Gasteiger partial charge in [0.2, 0.25) is 0 Å². The van der Waals surface area contributed by atoms with E-state index in [0.717, 1.165) is 40.3 Å². The Bertz CT molecular complexity index is 1020. The van der Waals surface area contributed by atoms with E-state index in [9.17, 15) is 4.79 Å². The van der Waals surface area contributed by atoms with Crippen LogP contribution >= 0.6 is 0 Å². The molecule has 0 fully saturated rings. The second-order valence-electron chi connectivity index (χ2n) is 7.26. The predicted molar refractivity (Wildman–Crippen MR) is 114 cm³/mol. The Morgan fingerprint density at radius 1 is 1.13 bits per heavy atom. The fraction of sp³-hybridized carbons (Fsp3) is 0.250. The number of aryl methyl sites for hydroxylation is 1. The van der Waals surface area contributed by atoms with E-state index >= 15 is 0 Å². The first kappa shape index (κ1) is 19.8. The normalized spacial score (nSPS) is 14.5. The minimum absolute atomic E-state index is 0.0464. The lowest BCUT2D eigenvalue weighted by molar-refractivity contribution is -0.123. The van der Waals surface area contributed by atoms with Gasteiger partial charge in [0.15, 0.2) is 6.61 Å². The maximum Gasteiger partial charge on any atom is 0.258 e. The van der Waals surface area contributed by atoms with E-state index in [4.69, 9.17) is 14.2 Å². The molecule has 2 aromatic carbocycles. The number of nitrogens with one attached hydrogen (secondary N) is 1. The molecule has 0 saturated carbocycles. The lowest BCUT2D eigenvalue weighted by atomic mass is 10.0. The van der Waals surface area contributed by atoms with Gasteiger partial charge in [-0.05, 0) is 66.6 Å². The summed E-state index contributed by atoms with van der Waals surface area (Å²) < 4.78 is 16.6. The third kappa shape index (κ3) is 4.71. The molecule has 1 amide bonds. The summed E-state index contributed by atoms with van der Waals surface area (Å²) in [5, 5.41) is 2.88. The summed E-state index contributed by atoms with van der Waals surface area (Å²) in [6.07, 6.45) is 2.52. The van der Waals surface area contributed by atoms with Gasteiger partial charge in [-0.25, -0.2) is 0 Å². The summed E-state index contributed by atoms with van der Waals surface area (Å²) in [6.45, 7) is 2.40. The number of pyridine rings is 1. The van der Waals surface area contributed by atoms with Crippen LogP contribution in [0.1, 0.15) is 11.1 Å². The first-order chi connectivity index (χ1) is 14.6. The van der Waals surface area contributed by atoms with E-state index in [1.807, 2.05) is 31.3 Å². The van der Waals surface area contributed by atoms with Crippen molar-refractivity contribution in [2.75, 3.05) is 20.3 Å². The monoisotopic (exact) mass is 404 g/mol. The Labute approximate surface area is 175 Å². The number of amides is 1. The van der Waals surface area contributed by atoms with Crippen LogP contribution in [0.4, 0.5) is 0 Å². The first-order valence-electron chi connectivity index (χ1n) is 9.87. The molecular formula is C24H24N2O4. The number of carbonyl (C=O) groups is 1. The van der Waals surface area contributed by atoms with Gasteiger partial charge in [-0.2, -0.15) is 0 Å². The second kappa shape index (κ2) is 8.86. The summed E-state index contributed by atoms with van der Waals surface area (Å²) in [7, 11) is 1.60. The molecule has 4 rings (SSSR count). The lowest BCUT2D eigenvalue weighted by Crippen LogP contribution is -2.37. The van der Waals surface area contributed by atoms with Gasteiger partial charge in [0.1, 0.15) is 23.4 Å². The summed E-state index contributed by atoms with van der Waals surface area (Å²) in [6, 6.07) is 17.3. The summed E-state index contributed by atoms with van der Waals surface area (Å²) in [5.74, 6) is 2.04. The maximum absolute atomic E-state index is 12.1. The van der Waals surface area contributed by atoms with Crippen molar-refractivity contribution in [1.82, 2.24) is 10.3 Å². The second-order valence-corrected chi connectivity index (χ2v) is 7.26. The van der Waals surface area contributed by atoms with Crippen molar-refractivity contribution < 1.29 is 19.0 Å². The fourth-order valence-electron chi connectivity index (χ4n) is 3.33. The highest BCUT2D eigenvalue weighted by molar-refractivity contribution is 5.77. The number of ether oxygens (including phenoxy) is 3. The molecule has 0 saturated heterocycles. The van der Waals surface area contributed by atoms with Crippen molar-refractivity contribution in [3.05, 3.63) is 71.9 Å². The predicted octanol–water partition coefficient (Wildman–Crippen LogP) is 3.56. The molecule has 1 aliphatic heterocycles. The minimum atomic E-state index is -0.185. The van der Waals surface area contributed by atoms with Gasteiger partial charge in [-0.1, -0.05) is 6.07 Å². The van der Waals surface area contributed by atoms with E-state index in [1.54, 1.807) is 31.4 Å². The molecule has 154 valence electrons. The van der Waals surface area contributed by atoms with Gasteiger partial charge in [0.25, 0.3) is 5.91 Å². The highest BCUT2D eigenvalue weighted by Gasteiger charge is 2.24. The maximum atomic E-state index is 12.1. The number of nitrogens with zero attached hydrogens (tertiary/aromatic N) is 1. The Morgan fingerprint density at radius 3 is 2.67 bits per heavy atom. The van der Waals surface area contributed by atoms with E-state index < -0.39 is 0 Å². The lowest BCUT2D eigenvalue weighted by Gasteiger charge is -2.12. The molecular weight excluding hydrogens is 380 g/mol. The van der Waals surface area contributed by atoms with Gasteiger partial charge < -0.3 is 19.5 Å². The SMILES string of the molecule is COc1ccc(OCC(=O)NC[C@H]2Cc3cc(-c4ccc(C)cn4)ccc3O2)cc1. The van der Waals surface area contributed by atoms with Crippen LogP contribution in [0.15, 0.2) is 60.8 Å². The molecule has 0 spiro atoms. The average Bonchev–Trinajstić information content (AvgIpc) is 3.19. The molecule has 1 N–H and O–H groups in total. The molecule has 6 nitrogen and oxygen atoms in total. The Kier molecular flexibility index (Phi) is 5.84.